The Labute approximate surface area is 125 Å². The van der Waals surface area contributed by atoms with Crippen molar-refractivity contribution in [2.45, 2.75) is 39.3 Å². The highest BCUT2D eigenvalue weighted by molar-refractivity contribution is 7.15. The van der Waals surface area contributed by atoms with Crippen molar-refractivity contribution >= 4 is 33.8 Å². The van der Waals surface area contributed by atoms with E-state index >= 15 is 0 Å². The molecule has 1 unspecified atom stereocenters. The van der Waals surface area contributed by atoms with Gasteiger partial charge in [0.05, 0.1) is 0 Å². The van der Waals surface area contributed by atoms with Crippen molar-refractivity contribution < 1.29 is 9.72 Å². The summed E-state index contributed by atoms with van der Waals surface area (Å²) in [6.07, 6.45) is 1.58. The van der Waals surface area contributed by atoms with Gasteiger partial charge in [0, 0.05) is 10.9 Å². The fraction of sp³-hybridized carbons (Fsp3) is 0.500. The number of aromatic nitrogens is 2. The SMILES string of the molecule is CC(Nc1nc2sccn2c1[N+](=O)[O-])C(=O)NC(C)(C)C. The van der Waals surface area contributed by atoms with E-state index in [-0.39, 0.29) is 23.1 Å². The molecule has 2 aromatic rings. The van der Waals surface area contributed by atoms with Gasteiger partial charge in [-0.25, -0.2) is 0 Å². The molecule has 0 fully saturated rings. The summed E-state index contributed by atoms with van der Waals surface area (Å²) in [6.45, 7) is 7.24. The van der Waals surface area contributed by atoms with Crippen LogP contribution in [0.25, 0.3) is 4.96 Å². The molecular formula is C12H17N5O3S. The van der Waals surface area contributed by atoms with Crippen molar-refractivity contribution in [3.05, 3.63) is 21.7 Å². The highest BCUT2D eigenvalue weighted by atomic mass is 32.1. The maximum absolute atomic E-state index is 12.0. The number of fused-ring (bicyclic) bond motifs is 1. The molecule has 0 aliphatic carbocycles. The van der Waals surface area contributed by atoms with Gasteiger partial charge >= 0.3 is 5.82 Å². The molecule has 21 heavy (non-hydrogen) atoms. The number of imidazole rings is 1. The van der Waals surface area contributed by atoms with E-state index in [4.69, 9.17) is 0 Å². The molecule has 114 valence electrons. The van der Waals surface area contributed by atoms with E-state index in [0.717, 1.165) is 0 Å². The molecule has 2 heterocycles. The molecule has 0 radical (unpaired) electrons. The summed E-state index contributed by atoms with van der Waals surface area (Å²) in [4.78, 5) is 27.4. The van der Waals surface area contributed by atoms with Gasteiger partial charge in [0.25, 0.3) is 4.96 Å². The summed E-state index contributed by atoms with van der Waals surface area (Å²) in [7, 11) is 0. The maximum Gasteiger partial charge on any atom is 0.372 e. The summed E-state index contributed by atoms with van der Waals surface area (Å²) in [5.41, 5.74) is -0.368. The van der Waals surface area contributed by atoms with Crippen LogP contribution in [0, 0.1) is 10.1 Å². The summed E-state index contributed by atoms with van der Waals surface area (Å²) in [5, 5.41) is 18.5. The van der Waals surface area contributed by atoms with E-state index in [1.807, 2.05) is 20.8 Å². The zero-order chi connectivity index (χ0) is 15.8. The Morgan fingerprint density at radius 3 is 2.76 bits per heavy atom. The second-order valence-electron chi connectivity index (χ2n) is 5.70. The molecule has 9 heteroatoms. The van der Waals surface area contributed by atoms with E-state index in [1.165, 1.54) is 15.7 Å². The Bertz CT molecular complexity index is 685. The molecule has 0 saturated heterocycles. The minimum absolute atomic E-state index is 0.100. The van der Waals surface area contributed by atoms with Crippen molar-refractivity contribution in [2.75, 3.05) is 5.32 Å². The van der Waals surface area contributed by atoms with E-state index in [9.17, 15) is 14.9 Å². The quantitative estimate of drug-likeness (QED) is 0.664. The first-order valence-electron chi connectivity index (χ1n) is 6.37. The monoisotopic (exact) mass is 311 g/mol. The Morgan fingerprint density at radius 1 is 1.52 bits per heavy atom. The average molecular weight is 311 g/mol. The molecule has 2 N–H and O–H groups in total. The molecule has 0 aromatic carbocycles. The molecule has 0 aliphatic rings. The van der Waals surface area contributed by atoms with Crippen molar-refractivity contribution in [1.29, 1.82) is 0 Å². The van der Waals surface area contributed by atoms with Crippen LogP contribution in [0.3, 0.4) is 0 Å². The van der Waals surface area contributed by atoms with Crippen LogP contribution in [0.2, 0.25) is 0 Å². The van der Waals surface area contributed by atoms with Gasteiger partial charge in [-0.15, -0.1) is 0 Å². The molecule has 0 saturated carbocycles. The van der Waals surface area contributed by atoms with E-state index in [0.29, 0.717) is 4.96 Å². The minimum Gasteiger partial charge on any atom is -0.358 e. The lowest BCUT2D eigenvalue weighted by Crippen LogP contribution is -2.47. The minimum atomic E-state index is -0.632. The molecule has 8 nitrogen and oxygen atoms in total. The molecule has 0 bridgehead atoms. The molecule has 0 aliphatic heterocycles. The second-order valence-corrected chi connectivity index (χ2v) is 6.58. The summed E-state index contributed by atoms with van der Waals surface area (Å²) in [5.74, 6) is -0.307. The van der Waals surface area contributed by atoms with E-state index in [2.05, 4.69) is 15.6 Å². The fourth-order valence-corrected chi connectivity index (χ4v) is 2.50. The van der Waals surface area contributed by atoms with Crippen LogP contribution in [0.1, 0.15) is 27.7 Å². The Morgan fingerprint density at radius 2 is 2.19 bits per heavy atom. The van der Waals surface area contributed by atoms with E-state index in [1.54, 1.807) is 18.5 Å². The molecule has 2 rings (SSSR count). The number of thiazole rings is 1. The van der Waals surface area contributed by atoms with Gasteiger partial charge in [-0.3, -0.25) is 4.79 Å². The standard InChI is InChI=1S/C12H17N5O3S/c1-7(9(18)15-12(2,3)4)13-8-10(17(19)20)16-5-6-21-11(16)14-8/h5-7,13H,1-4H3,(H,15,18). The van der Waals surface area contributed by atoms with Crippen LogP contribution >= 0.6 is 11.3 Å². The van der Waals surface area contributed by atoms with Crippen molar-refractivity contribution in [1.82, 2.24) is 14.7 Å². The number of hydrogen-bond donors (Lipinski definition) is 2. The van der Waals surface area contributed by atoms with Gasteiger partial charge in [-0.1, -0.05) is 11.3 Å². The predicted octanol–water partition coefficient (Wildman–Crippen LogP) is 2.02. The van der Waals surface area contributed by atoms with Crippen molar-refractivity contribution in [3.63, 3.8) is 0 Å². The third-order valence-corrected chi connectivity index (χ3v) is 3.41. The number of carbonyl (C=O) groups excluding carboxylic acids is 1. The zero-order valence-electron chi connectivity index (χ0n) is 12.2. The summed E-state index contributed by atoms with van der Waals surface area (Å²) >= 11 is 1.29. The van der Waals surface area contributed by atoms with Crippen LogP contribution in [0.4, 0.5) is 11.6 Å². The smallest absolute Gasteiger partial charge is 0.358 e. The fourth-order valence-electron chi connectivity index (χ4n) is 1.79. The number of carbonyl (C=O) groups is 1. The van der Waals surface area contributed by atoms with Crippen LogP contribution in [-0.4, -0.2) is 31.8 Å². The lowest BCUT2D eigenvalue weighted by atomic mass is 10.1. The van der Waals surface area contributed by atoms with Gasteiger partial charge in [0.1, 0.15) is 12.2 Å². The second kappa shape index (κ2) is 5.32. The summed E-state index contributed by atoms with van der Waals surface area (Å²) < 4.78 is 1.39. The van der Waals surface area contributed by atoms with Crippen LogP contribution < -0.4 is 10.6 Å². The average Bonchev–Trinajstić information content (AvgIpc) is 2.85. The normalized spacial score (nSPS) is 13.1. The number of rotatable bonds is 4. The molecule has 2 aromatic heterocycles. The Balaban J connectivity index is 2.23. The largest absolute Gasteiger partial charge is 0.372 e. The first-order chi connectivity index (χ1) is 9.69. The van der Waals surface area contributed by atoms with Gasteiger partial charge in [0.2, 0.25) is 11.7 Å². The number of hydrogen-bond acceptors (Lipinski definition) is 6. The lowest BCUT2D eigenvalue weighted by molar-refractivity contribution is -0.389. The van der Waals surface area contributed by atoms with Gasteiger partial charge in [0.15, 0.2) is 0 Å². The van der Waals surface area contributed by atoms with Crippen molar-refractivity contribution in [3.8, 4) is 0 Å². The topological polar surface area (TPSA) is 102 Å². The zero-order valence-corrected chi connectivity index (χ0v) is 13.0. The third kappa shape index (κ3) is 3.30. The van der Waals surface area contributed by atoms with Crippen molar-refractivity contribution in [2.24, 2.45) is 0 Å². The van der Waals surface area contributed by atoms with Crippen LogP contribution in [0.15, 0.2) is 11.6 Å². The molecular weight excluding hydrogens is 294 g/mol. The number of amides is 1. The van der Waals surface area contributed by atoms with Gasteiger partial charge in [-0.2, -0.15) is 9.38 Å². The first-order valence-corrected chi connectivity index (χ1v) is 7.25. The maximum atomic E-state index is 12.0. The van der Waals surface area contributed by atoms with Gasteiger partial charge < -0.3 is 20.7 Å². The number of nitrogens with zero attached hydrogens (tertiary/aromatic N) is 3. The number of nitro groups is 1. The van der Waals surface area contributed by atoms with E-state index < -0.39 is 11.0 Å². The number of anilines is 1. The molecule has 1 atom stereocenters. The summed E-state index contributed by atoms with van der Waals surface area (Å²) in [6, 6.07) is -0.632. The first kappa shape index (κ1) is 15.2. The lowest BCUT2D eigenvalue weighted by Gasteiger charge is -2.23. The highest BCUT2D eigenvalue weighted by Crippen LogP contribution is 2.28. The third-order valence-electron chi connectivity index (χ3n) is 2.65. The van der Waals surface area contributed by atoms with Crippen LogP contribution in [-0.2, 0) is 4.79 Å². The molecule has 0 spiro atoms. The number of nitrogens with one attached hydrogen (secondary N) is 2. The van der Waals surface area contributed by atoms with Crippen LogP contribution in [0.5, 0.6) is 0 Å². The Hall–Kier alpha value is -2.16. The predicted molar refractivity (Wildman–Crippen MR) is 80.7 cm³/mol. The highest BCUT2D eigenvalue weighted by Gasteiger charge is 2.27. The molecule has 1 amide bonds. The van der Waals surface area contributed by atoms with Gasteiger partial charge in [-0.05, 0) is 32.6 Å². The Kier molecular flexibility index (Phi) is 3.86.